The molecule has 1 saturated heterocycles. The van der Waals surface area contributed by atoms with E-state index in [9.17, 15) is 0 Å². The lowest BCUT2D eigenvalue weighted by Crippen LogP contribution is -2.44. The van der Waals surface area contributed by atoms with Crippen LogP contribution < -0.4 is 14.8 Å². The molecule has 1 N–H and O–H groups in total. The van der Waals surface area contributed by atoms with Crippen molar-refractivity contribution in [2.75, 3.05) is 36.5 Å². The maximum atomic E-state index is 5.42. The number of quaternary nitrogens is 1. The second-order valence-electron chi connectivity index (χ2n) is 6.64. The van der Waals surface area contributed by atoms with Crippen molar-refractivity contribution in [3.8, 4) is 0 Å². The standard InChI is InChI=1S/C20H20N7O/c1-2-18(14-21-7-1)27-11-8-22-15-19(27)24-20(25-27)23-16-3-5-17(6-4-16)26-9-12-28-13-10-26/h1-8,11,14-15H,9-10,12-13H2,(H,23,25)/q+1. The minimum atomic E-state index is 0.130. The number of ether oxygens (including phenoxy) is 1. The van der Waals surface area contributed by atoms with E-state index in [2.05, 4.69) is 37.3 Å². The van der Waals surface area contributed by atoms with Crippen LogP contribution in [0.15, 0.2) is 76.3 Å². The van der Waals surface area contributed by atoms with Crippen molar-refractivity contribution in [1.82, 2.24) is 9.58 Å². The number of nitrogens with zero attached hydrogens (tertiary/aromatic N) is 6. The molecule has 140 valence electrons. The second kappa shape index (κ2) is 6.99. The fourth-order valence-electron chi connectivity index (χ4n) is 3.47. The average Bonchev–Trinajstić information content (AvgIpc) is 3.15. The van der Waals surface area contributed by atoms with Crippen molar-refractivity contribution in [3.05, 3.63) is 61.2 Å². The lowest BCUT2D eigenvalue weighted by Gasteiger charge is -2.28. The van der Waals surface area contributed by atoms with Crippen LogP contribution in [-0.2, 0) is 4.74 Å². The molecule has 0 spiro atoms. The number of guanidine groups is 1. The smallest absolute Gasteiger partial charge is 0.287 e. The van der Waals surface area contributed by atoms with Crippen molar-refractivity contribution in [2.24, 2.45) is 15.1 Å². The Morgan fingerprint density at radius 3 is 2.71 bits per heavy atom. The van der Waals surface area contributed by atoms with E-state index < -0.39 is 0 Å². The molecule has 3 aliphatic heterocycles. The molecule has 1 atom stereocenters. The predicted molar refractivity (Wildman–Crippen MR) is 112 cm³/mol. The van der Waals surface area contributed by atoms with Crippen LogP contribution in [0.3, 0.4) is 0 Å². The number of hydrogen-bond acceptors (Lipinski definition) is 7. The molecule has 4 heterocycles. The Morgan fingerprint density at radius 2 is 1.93 bits per heavy atom. The zero-order chi connectivity index (χ0) is 18.8. The maximum Gasteiger partial charge on any atom is 0.287 e. The van der Waals surface area contributed by atoms with Crippen molar-refractivity contribution in [2.45, 2.75) is 0 Å². The molecule has 3 aliphatic rings. The molecule has 0 saturated carbocycles. The summed E-state index contributed by atoms with van der Waals surface area (Å²) in [4.78, 5) is 15.4. The van der Waals surface area contributed by atoms with Gasteiger partial charge in [-0.25, -0.2) is 0 Å². The molecule has 8 nitrogen and oxygen atoms in total. The van der Waals surface area contributed by atoms with Crippen LogP contribution in [0.1, 0.15) is 0 Å². The highest BCUT2D eigenvalue weighted by Crippen LogP contribution is 2.30. The van der Waals surface area contributed by atoms with Gasteiger partial charge in [0, 0.05) is 36.7 Å². The summed E-state index contributed by atoms with van der Waals surface area (Å²) in [6.45, 7) is 3.39. The highest BCUT2D eigenvalue weighted by atomic mass is 16.5. The van der Waals surface area contributed by atoms with E-state index in [0.29, 0.717) is 5.96 Å². The Bertz CT molecular complexity index is 975. The first kappa shape index (κ1) is 16.8. The normalized spacial score (nSPS) is 23.2. The van der Waals surface area contributed by atoms with Crippen LogP contribution in [0.5, 0.6) is 0 Å². The van der Waals surface area contributed by atoms with Gasteiger partial charge in [0.05, 0.1) is 25.6 Å². The lowest BCUT2D eigenvalue weighted by molar-refractivity contribution is 0.122. The highest BCUT2D eigenvalue weighted by Gasteiger charge is 2.42. The molecule has 8 heteroatoms. The van der Waals surface area contributed by atoms with Gasteiger partial charge in [-0.05, 0) is 35.4 Å². The van der Waals surface area contributed by atoms with E-state index in [1.54, 1.807) is 24.8 Å². The number of aliphatic imine (C=N–C) groups is 2. The topological polar surface area (TPSA) is 74.5 Å². The van der Waals surface area contributed by atoms with E-state index in [1.807, 2.05) is 30.5 Å². The first-order valence-corrected chi connectivity index (χ1v) is 9.23. The first-order chi connectivity index (χ1) is 13.8. The molecular formula is C20H20N7O+. The summed E-state index contributed by atoms with van der Waals surface area (Å²) in [7, 11) is 0. The van der Waals surface area contributed by atoms with Gasteiger partial charge in [0.25, 0.3) is 11.8 Å². The Kier molecular flexibility index (Phi) is 4.19. The molecule has 0 bridgehead atoms. The van der Waals surface area contributed by atoms with Gasteiger partial charge in [-0.15, -0.1) is 0 Å². The van der Waals surface area contributed by atoms with Crippen molar-refractivity contribution in [3.63, 3.8) is 0 Å². The average molecular weight is 374 g/mol. The van der Waals surface area contributed by atoms with Crippen LogP contribution in [0.2, 0.25) is 0 Å². The fraction of sp³-hybridized carbons (Fsp3) is 0.200. The molecule has 1 unspecified atom stereocenters. The summed E-state index contributed by atoms with van der Waals surface area (Å²) in [6.07, 6.45) is 8.90. The molecule has 0 radical (unpaired) electrons. The molecule has 28 heavy (non-hydrogen) atoms. The van der Waals surface area contributed by atoms with Crippen LogP contribution >= 0.6 is 0 Å². The van der Waals surface area contributed by atoms with E-state index in [1.165, 1.54) is 5.69 Å². The molecule has 0 aliphatic carbocycles. The van der Waals surface area contributed by atoms with Gasteiger partial charge in [0.1, 0.15) is 6.21 Å². The molecule has 5 rings (SSSR count). The van der Waals surface area contributed by atoms with Crippen molar-refractivity contribution >= 4 is 35.1 Å². The maximum absolute atomic E-state index is 5.42. The van der Waals surface area contributed by atoms with Gasteiger partial charge in [-0.1, -0.05) is 4.59 Å². The van der Waals surface area contributed by atoms with E-state index in [-0.39, 0.29) is 4.59 Å². The molecule has 1 fully saturated rings. The second-order valence-corrected chi connectivity index (χ2v) is 6.64. The molecule has 0 amide bonds. The van der Waals surface area contributed by atoms with E-state index in [0.717, 1.165) is 43.5 Å². The minimum Gasteiger partial charge on any atom is -0.378 e. The number of pyridine rings is 1. The molecule has 1 aromatic carbocycles. The summed E-state index contributed by atoms with van der Waals surface area (Å²) in [5.41, 5.74) is 3.04. The number of hydrogen-bond donors (Lipinski definition) is 1. The van der Waals surface area contributed by atoms with Crippen molar-refractivity contribution < 1.29 is 4.74 Å². The first-order valence-electron chi connectivity index (χ1n) is 9.23. The highest BCUT2D eigenvalue weighted by molar-refractivity contribution is 6.38. The van der Waals surface area contributed by atoms with Gasteiger partial charge in [0.2, 0.25) is 0 Å². The number of rotatable bonds is 3. The number of aromatic nitrogens is 1. The summed E-state index contributed by atoms with van der Waals surface area (Å²) in [5.74, 6) is 1.26. The van der Waals surface area contributed by atoms with Crippen LogP contribution in [-0.4, -0.2) is 49.3 Å². The number of amidine groups is 1. The van der Waals surface area contributed by atoms with Gasteiger partial charge in [-0.3, -0.25) is 9.98 Å². The summed E-state index contributed by atoms with van der Waals surface area (Å²) < 4.78 is 5.55. The van der Waals surface area contributed by atoms with Gasteiger partial charge >= 0.3 is 0 Å². The van der Waals surface area contributed by atoms with E-state index >= 15 is 0 Å². The lowest BCUT2D eigenvalue weighted by atomic mass is 10.2. The van der Waals surface area contributed by atoms with Gasteiger partial charge in [-0.2, -0.15) is 4.99 Å². The minimum absolute atomic E-state index is 0.130. The van der Waals surface area contributed by atoms with Crippen LogP contribution in [0, 0.1) is 0 Å². The van der Waals surface area contributed by atoms with Crippen LogP contribution in [0.25, 0.3) is 0 Å². The number of benzene rings is 1. The Hall–Kier alpha value is -3.36. The molecule has 1 aromatic heterocycles. The number of anilines is 2. The van der Waals surface area contributed by atoms with E-state index in [4.69, 9.17) is 9.84 Å². The third-order valence-electron chi connectivity index (χ3n) is 4.92. The number of nitrogens with one attached hydrogen (secondary N) is 1. The SMILES string of the molecule is C1=C[N+]2(c3cccnc3)N=C(Nc3ccc(N4CCOCC4)cc3)N=C2C=N1. The largest absolute Gasteiger partial charge is 0.378 e. The predicted octanol–water partition coefficient (Wildman–Crippen LogP) is 2.58. The Balaban J connectivity index is 1.39. The quantitative estimate of drug-likeness (QED) is 0.838. The third kappa shape index (κ3) is 2.98. The zero-order valence-electron chi connectivity index (χ0n) is 15.3. The Labute approximate surface area is 162 Å². The van der Waals surface area contributed by atoms with Gasteiger partial charge < -0.3 is 15.0 Å². The fourth-order valence-corrected chi connectivity index (χ4v) is 3.47. The summed E-state index contributed by atoms with van der Waals surface area (Å²) in [5, 5.41) is 8.12. The van der Waals surface area contributed by atoms with Gasteiger partial charge in [0.15, 0.2) is 11.9 Å². The monoisotopic (exact) mass is 374 g/mol. The zero-order valence-corrected chi connectivity index (χ0v) is 15.3. The third-order valence-corrected chi connectivity index (χ3v) is 4.92. The molecule has 2 aromatic rings. The number of fused-ring (bicyclic) bond motifs is 1. The van der Waals surface area contributed by atoms with Crippen molar-refractivity contribution in [1.29, 1.82) is 0 Å². The Morgan fingerprint density at radius 1 is 1.07 bits per heavy atom. The summed E-state index contributed by atoms with van der Waals surface area (Å²) in [6, 6.07) is 12.2. The number of morpholine rings is 1. The summed E-state index contributed by atoms with van der Waals surface area (Å²) >= 11 is 0. The van der Waals surface area contributed by atoms with Crippen LogP contribution in [0.4, 0.5) is 17.1 Å². The molecular weight excluding hydrogens is 354 g/mol.